The Morgan fingerprint density at radius 2 is 1.90 bits per heavy atom. The van der Waals surface area contributed by atoms with Crippen molar-refractivity contribution in [1.82, 2.24) is 10.2 Å². The number of rotatable bonds is 7. The summed E-state index contributed by atoms with van der Waals surface area (Å²) < 4.78 is 0. The maximum atomic E-state index is 11.8. The summed E-state index contributed by atoms with van der Waals surface area (Å²) in [6.45, 7) is 3.76. The summed E-state index contributed by atoms with van der Waals surface area (Å²) in [5.41, 5.74) is 3.24. The number of hydrogen-bond acceptors (Lipinski definition) is 3. The second-order valence-electron chi connectivity index (χ2n) is 5.14. The Labute approximate surface area is 140 Å². The van der Waals surface area contributed by atoms with Crippen LogP contribution in [0.15, 0.2) is 18.2 Å². The van der Waals surface area contributed by atoms with Crippen molar-refractivity contribution < 1.29 is 4.79 Å². The van der Waals surface area contributed by atoms with Gasteiger partial charge in [-0.05, 0) is 58.2 Å². The van der Waals surface area contributed by atoms with Crippen molar-refractivity contribution in [2.24, 2.45) is 0 Å². The van der Waals surface area contributed by atoms with Gasteiger partial charge in [0.15, 0.2) is 0 Å². The monoisotopic (exact) mass is 335 g/mol. The van der Waals surface area contributed by atoms with E-state index in [4.69, 9.17) is 0 Å². The molecule has 1 amide bonds. The summed E-state index contributed by atoms with van der Waals surface area (Å²) in [5, 5.41) is 6.04. The number of amides is 1. The Bertz CT molecular complexity index is 425. The third kappa shape index (κ3) is 8.94. The molecule has 0 radical (unpaired) electrons. The lowest BCUT2D eigenvalue weighted by atomic mass is 10.1. The second kappa shape index (κ2) is 11.8. The molecule has 0 aromatic heterocycles. The molecule has 2 N–H and O–H groups in total. The molecule has 0 heterocycles. The molecule has 0 aliphatic rings. The molecule has 6 heteroatoms. The van der Waals surface area contributed by atoms with Gasteiger partial charge in [-0.1, -0.05) is 12.1 Å². The van der Waals surface area contributed by atoms with Crippen molar-refractivity contribution in [3.05, 3.63) is 29.3 Å². The van der Waals surface area contributed by atoms with Crippen molar-refractivity contribution in [2.45, 2.75) is 26.3 Å². The molecule has 0 bridgehead atoms. The van der Waals surface area contributed by atoms with Crippen molar-refractivity contribution in [3.8, 4) is 0 Å². The minimum absolute atomic E-state index is 0. The van der Waals surface area contributed by atoms with Crippen molar-refractivity contribution >= 4 is 36.4 Å². The average Bonchev–Trinajstić information content (AvgIpc) is 2.33. The maximum Gasteiger partial charge on any atom is 0.224 e. The van der Waals surface area contributed by atoms with Gasteiger partial charge in [0, 0.05) is 18.7 Å². The van der Waals surface area contributed by atoms with E-state index < -0.39 is 0 Å². The lowest BCUT2D eigenvalue weighted by molar-refractivity contribution is -0.116. The number of halogens is 2. The quantitative estimate of drug-likeness (QED) is 0.753. The number of carbonyl (C=O) groups is 1. The first-order chi connectivity index (χ1) is 9.02. The van der Waals surface area contributed by atoms with Crippen LogP contribution in [0.3, 0.4) is 0 Å². The van der Waals surface area contributed by atoms with Gasteiger partial charge in [-0.2, -0.15) is 0 Å². The molecule has 0 fully saturated rings. The number of hydrogen-bond donors (Lipinski definition) is 2. The Morgan fingerprint density at radius 3 is 2.48 bits per heavy atom. The number of nitrogens with zero attached hydrogens (tertiary/aromatic N) is 1. The fourth-order valence-corrected chi connectivity index (χ4v) is 1.91. The number of anilines is 1. The first kappa shape index (κ1) is 22.5. The van der Waals surface area contributed by atoms with E-state index in [1.54, 1.807) is 0 Å². The molecule has 0 atom stereocenters. The van der Waals surface area contributed by atoms with Crippen LogP contribution in [0.2, 0.25) is 0 Å². The smallest absolute Gasteiger partial charge is 0.224 e. The third-order valence-corrected chi connectivity index (χ3v) is 2.91. The van der Waals surface area contributed by atoms with Gasteiger partial charge in [0.1, 0.15) is 0 Å². The molecule has 1 rings (SSSR count). The fourth-order valence-electron chi connectivity index (χ4n) is 1.91. The molecule has 21 heavy (non-hydrogen) atoms. The molecular formula is C15H27Cl2N3O. The standard InChI is InChI=1S/C15H25N3O.2ClH/c1-12-7-8-13(11-18(3)4)10-14(12)17-15(19)6-5-9-16-2;;/h7-8,10,16H,5-6,9,11H2,1-4H3,(H,17,19);2*1H. The van der Waals surface area contributed by atoms with Crippen molar-refractivity contribution in [3.63, 3.8) is 0 Å². The van der Waals surface area contributed by atoms with Crippen LogP contribution in [-0.2, 0) is 11.3 Å². The molecule has 0 saturated heterocycles. The lowest BCUT2D eigenvalue weighted by Gasteiger charge is -2.13. The average molecular weight is 336 g/mol. The molecule has 4 nitrogen and oxygen atoms in total. The summed E-state index contributed by atoms with van der Waals surface area (Å²) in [6.07, 6.45) is 1.41. The van der Waals surface area contributed by atoms with E-state index in [-0.39, 0.29) is 30.7 Å². The zero-order chi connectivity index (χ0) is 14.3. The molecule has 0 saturated carbocycles. The SMILES string of the molecule is CNCCCC(=O)Nc1cc(CN(C)C)ccc1C.Cl.Cl. The number of benzene rings is 1. The summed E-state index contributed by atoms with van der Waals surface area (Å²) in [5.74, 6) is 0.0837. The predicted molar refractivity (Wildman–Crippen MR) is 94.9 cm³/mol. The maximum absolute atomic E-state index is 11.8. The van der Waals surface area contributed by atoms with E-state index in [1.807, 2.05) is 28.1 Å². The molecule has 0 aliphatic carbocycles. The van der Waals surface area contributed by atoms with Crippen LogP contribution in [0.1, 0.15) is 24.0 Å². The highest BCUT2D eigenvalue weighted by Crippen LogP contribution is 2.18. The van der Waals surface area contributed by atoms with Gasteiger partial charge in [-0.3, -0.25) is 4.79 Å². The number of carbonyl (C=O) groups excluding carboxylic acids is 1. The van der Waals surface area contributed by atoms with Gasteiger partial charge in [0.2, 0.25) is 5.91 Å². The minimum Gasteiger partial charge on any atom is -0.326 e. The van der Waals surface area contributed by atoms with Crippen LogP contribution < -0.4 is 10.6 Å². The normalized spacial score (nSPS) is 9.76. The van der Waals surface area contributed by atoms with Gasteiger partial charge in [0.05, 0.1) is 0 Å². The van der Waals surface area contributed by atoms with Crippen LogP contribution >= 0.6 is 24.8 Å². The largest absolute Gasteiger partial charge is 0.326 e. The van der Waals surface area contributed by atoms with Gasteiger partial charge in [0.25, 0.3) is 0 Å². The Balaban J connectivity index is 0. The van der Waals surface area contributed by atoms with Crippen molar-refractivity contribution in [1.29, 1.82) is 0 Å². The molecule has 0 spiro atoms. The first-order valence-corrected chi connectivity index (χ1v) is 6.71. The predicted octanol–water partition coefficient (Wildman–Crippen LogP) is 2.84. The zero-order valence-corrected chi connectivity index (χ0v) is 14.9. The van der Waals surface area contributed by atoms with Crippen LogP contribution in [0, 0.1) is 6.92 Å². The zero-order valence-electron chi connectivity index (χ0n) is 13.2. The summed E-state index contributed by atoms with van der Waals surface area (Å²) in [7, 11) is 5.97. The van der Waals surface area contributed by atoms with E-state index in [1.165, 1.54) is 5.56 Å². The van der Waals surface area contributed by atoms with Gasteiger partial charge < -0.3 is 15.5 Å². The van der Waals surface area contributed by atoms with Crippen LogP contribution in [-0.4, -0.2) is 38.5 Å². The second-order valence-corrected chi connectivity index (χ2v) is 5.14. The molecular weight excluding hydrogens is 309 g/mol. The topological polar surface area (TPSA) is 44.4 Å². The fraction of sp³-hybridized carbons (Fsp3) is 0.533. The molecule has 122 valence electrons. The van der Waals surface area contributed by atoms with E-state index in [2.05, 4.69) is 33.7 Å². The highest BCUT2D eigenvalue weighted by Gasteiger charge is 2.06. The Kier molecular flexibility index (Phi) is 12.6. The highest BCUT2D eigenvalue weighted by atomic mass is 35.5. The summed E-state index contributed by atoms with van der Waals surface area (Å²) >= 11 is 0. The molecule has 1 aromatic rings. The van der Waals surface area contributed by atoms with Crippen LogP contribution in [0.25, 0.3) is 0 Å². The molecule has 1 aromatic carbocycles. The summed E-state index contributed by atoms with van der Waals surface area (Å²) in [6, 6.07) is 6.22. The van der Waals surface area contributed by atoms with Gasteiger partial charge in [-0.15, -0.1) is 24.8 Å². The summed E-state index contributed by atoms with van der Waals surface area (Å²) in [4.78, 5) is 13.9. The van der Waals surface area contributed by atoms with Crippen molar-refractivity contribution in [2.75, 3.05) is 33.0 Å². The number of aryl methyl sites for hydroxylation is 1. The number of nitrogens with one attached hydrogen (secondary N) is 2. The van der Waals surface area contributed by atoms with E-state index in [0.29, 0.717) is 6.42 Å². The first-order valence-electron chi connectivity index (χ1n) is 6.71. The van der Waals surface area contributed by atoms with Crippen LogP contribution in [0.5, 0.6) is 0 Å². The van der Waals surface area contributed by atoms with E-state index >= 15 is 0 Å². The third-order valence-electron chi connectivity index (χ3n) is 2.91. The Morgan fingerprint density at radius 1 is 1.24 bits per heavy atom. The van der Waals surface area contributed by atoms with Gasteiger partial charge in [-0.25, -0.2) is 0 Å². The Hall–Kier alpha value is -0.810. The lowest BCUT2D eigenvalue weighted by Crippen LogP contribution is -2.16. The molecule has 0 unspecified atom stereocenters. The van der Waals surface area contributed by atoms with E-state index in [0.717, 1.165) is 30.8 Å². The van der Waals surface area contributed by atoms with Gasteiger partial charge >= 0.3 is 0 Å². The molecule has 0 aliphatic heterocycles. The van der Waals surface area contributed by atoms with E-state index in [9.17, 15) is 4.79 Å². The highest BCUT2D eigenvalue weighted by molar-refractivity contribution is 5.91. The minimum atomic E-state index is 0. The van der Waals surface area contributed by atoms with Crippen LogP contribution in [0.4, 0.5) is 5.69 Å².